The summed E-state index contributed by atoms with van der Waals surface area (Å²) in [6.07, 6.45) is 5.65. The van der Waals surface area contributed by atoms with Crippen molar-refractivity contribution in [3.8, 4) is 5.75 Å². The maximum absolute atomic E-state index is 12.0. The molecule has 1 saturated carbocycles. The molecule has 0 aromatic heterocycles. The molecule has 1 aliphatic heterocycles. The molecule has 7 nitrogen and oxygen atoms in total. The third-order valence-corrected chi connectivity index (χ3v) is 5.90. The number of para-hydroxylation sites is 2. The summed E-state index contributed by atoms with van der Waals surface area (Å²) in [6, 6.07) is 8.15. The van der Waals surface area contributed by atoms with E-state index in [2.05, 4.69) is 31.5 Å². The largest absolute Gasteiger partial charge is 0.495 e. The molecule has 0 unspecified atom stereocenters. The normalized spacial score (nSPS) is 17.5. The molecule has 0 spiro atoms. The second-order valence-corrected chi connectivity index (χ2v) is 7.82. The first-order valence-corrected chi connectivity index (χ1v) is 10.8. The topological polar surface area (TPSA) is 69.2 Å². The fourth-order valence-electron chi connectivity index (χ4n) is 4.31. The number of carbonyl (C=O) groups is 1. The zero-order valence-corrected chi connectivity index (χ0v) is 20.6. The predicted octanol–water partition coefficient (Wildman–Crippen LogP) is 2.71. The van der Waals surface area contributed by atoms with E-state index in [1.165, 1.54) is 25.7 Å². The number of guanidine groups is 1. The van der Waals surface area contributed by atoms with Gasteiger partial charge in [0.2, 0.25) is 5.91 Å². The van der Waals surface area contributed by atoms with Crippen LogP contribution in [-0.2, 0) is 4.79 Å². The van der Waals surface area contributed by atoms with Crippen LogP contribution in [0.25, 0.3) is 0 Å². The van der Waals surface area contributed by atoms with Gasteiger partial charge in [-0.3, -0.25) is 9.79 Å². The van der Waals surface area contributed by atoms with Crippen molar-refractivity contribution in [2.75, 3.05) is 58.3 Å². The molecule has 168 valence electrons. The molecule has 2 fully saturated rings. The van der Waals surface area contributed by atoms with Crippen molar-refractivity contribution in [1.82, 2.24) is 15.5 Å². The molecule has 1 aliphatic carbocycles. The number of nitrogens with zero attached hydrogens (tertiary/aromatic N) is 3. The van der Waals surface area contributed by atoms with Crippen LogP contribution in [-0.4, -0.2) is 70.2 Å². The molecule has 0 atom stereocenters. The summed E-state index contributed by atoms with van der Waals surface area (Å²) in [5, 5.41) is 6.42. The number of piperazine rings is 1. The quantitative estimate of drug-likeness (QED) is 0.246. The minimum atomic E-state index is 0. The van der Waals surface area contributed by atoms with Gasteiger partial charge in [-0.2, -0.15) is 0 Å². The average Bonchev–Trinajstić information content (AvgIpc) is 3.27. The zero-order valence-electron chi connectivity index (χ0n) is 18.2. The summed E-state index contributed by atoms with van der Waals surface area (Å²) in [7, 11) is 3.53. The molecular weight excluding hydrogens is 493 g/mol. The van der Waals surface area contributed by atoms with Gasteiger partial charge in [-0.1, -0.05) is 25.0 Å². The van der Waals surface area contributed by atoms with E-state index in [4.69, 9.17) is 4.74 Å². The maximum Gasteiger partial charge on any atom is 0.220 e. The van der Waals surface area contributed by atoms with Crippen LogP contribution >= 0.6 is 24.0 Å². The highest BCUT2D eigenvalue weighted by Crippen LogP contribution is 2.28. The average molecular weight is 529 g/mol. The van der Waals surface area contributed by atoms with E-state index in [-0.39, 0.29) is 29.9 Å². The number of aliphatic imine (C=N–C) groups is 1. The van der Waals surface area contributed by atoms with E-state index in [0.29, 0.717) is 25.4 Å². The van der Waals surface area contributed by atoms with E-state index in [0.717, 1.165) is 43.6 Å². The summed E-state index contributed by atoms with van der Waals surface area (Å²) in [5.74, 6) is 2.58. The van der Waals surface area contributed by atoms with E-state index >= 15 is 0 Å². The highest BCUT2D eigenvalue weighted by Gasteiger charge is 2.22. The van der Waals surface area contributed by atoms with Gasteiger partial charge < -0.3 is 25.2 Å². The summed E-state index contributed by atoms with van der Waals surface area (Å²) in [5.41, 5.74) is 1.14. The van der Waals surface area contributed by atoms with Gasteiger partial charge in [0.05, 0.1) is 12.8 Å². The van der Waals surface area contributed by atoms with Gasteiger partial charge in [-0.05, 0) is 30.9 Å². The highest BCUT2D eigenvalue weighted by atomic mass is 127. The summed E-state index contributed by atoms with van der Waals surface area (Å²) in [6.45, 7) is 4.94. The summed E-state index contributed by atoms with van der Waals surface area (Å²) >= 11 is 0. The Morgan fingerprint density at radius 2 is 1.77 bits per heavy atom. The van der Waals surface area contributed by atoms with Crippen molar-refractivity contribution < 1.29 is 9.53 Å². The number of benzene rings is 1. The van der Waals surface area contributed by atoms with Gasteiger partial charge in [0, 0.05) is 52.7 Å². The summed E-state index contributed by atoms with van der Waals surface area (Å²) < 4.78 is 5.49. The molecule has 2 aliphatic rings. The molecule has 1 aromatic rings. The molecule has 3 rings (SSSR count). The number of nitrogens with one attached hydrogen (secondary N) is 2. The minimum Gasteiger partial charge on any atom is -0.495 e. The molecule has 1 saturated heterocycles. The fourth-order valence-corrected chi connectivity index (χ4v) is 4.31. The van der Waals surface area contributed by atoms with E-state index in [1.807, 2.05) is 25.2 Å². The molecule has 0 radical (unpaired) electrons. The molecular formula is C22H36IN5O2. The first-order chi connectivity index (χ1) is 14.2. The Morgan fingerprint density at radius 3 is 2.43 bits per heavy atom. The van der Waals surface area contributed by atoms with Crippen LogP contribution in [0.5, 0.6) is 5.75 Å². The van der Waals surface area contributed by atoms with Crippen LogP contribution in [0.15, 0.2) is 29.3 Å². The first kappa shape index (κ1) is 24.6. The second-order valence-electron chi connectivity index (χ2n) is 7.82. The Morgan fingerprint density at radius 1 is 1.10 bits per heavy atom. The Labute approximate surface area is 197 Å². The molecule has 8 heteroatoms. The van der Waals surface area contributed by atoms with Crippen molar-refractivity contribution in [2.24, 2.45) is 10.9 Å². The van der Waals surface area contributed by atoms with Crippen molar-refractivity contribution in [1.29, 1.82) is 0 Å². The fraction of sp³-hybridized carbons (Fsp3) is 0.636. The number of amides is 1. The highest BCUT2D eigenvalue weighted by molar-refractivity contribution is 14.0. The van der Waals surface area contributed by atoms with Crippen LogP contribution in [0.3, 0.4) is 0 Å². The number of halogens is 1. The number of ether oxygens (including phenoxy) is 1. The van der Waals surface area contributed by atoms with Crippen LogP contribution in [0.2, 0.25) is 0 Å². The number of carbonyl (C=O) groups excluding carboxylic acids is 1. The second kappa shape index (κ2) is 12.9. The lowest BCUT2D eigenvalue weighted by Gasteiger charge is -2.38. The van der Waals surface area contributed by atoms with E-state index < -0.39 is 0 Å². The Hall–Kier alpha value is -1.71. The van der Waals surface area contributed by atoms with Crippen molar-refractivity contribution >= 4 is 41.5 Å². The predicted molar refractivity (Wildman–Crippen MR) is 133 cm³/mol. The van der Waals surface area contributed by atoms with Gasteiger partial charge in [0.25, 0.3) is 0 Å². The van der Waals surface area contributed by atoms with Gasteiger partial charge in [0.15, 0.2) is 5.96 Å². The smallest absolute Gasteiger partial charge is 0.220 e. The zero-order chi connectivity index (χ0) is 20.5. The van der Waals surface area contributed by atoms with Crippen molar-refractivity contribution in [2.45, 2.75) is 32.1 Å². The van der Waals surface area contributed by atoms with Crippen LogP contribution < -0.4 is 20.3 Å². The number of hydrogen-bond acceptors (Lipinski definition) is 4. The molecule has 1 amide bonds. The monoisotopic (exact) mass is 529 g/mol. The van der Waals surface area contributed by atoms with Gasteiger partial charge in [0.1, 0.15) is 5.75 Å². The molecule has 30 heavy (non-hydrogen) atoms. The summed E-state index contributed by atoms with van der Waals surface area (Å²) in [4.78, 5) is 21.1. The van der Waals surface area contributed by atoms with Crippen molar-refractivity contribution in [3.05, 3.63) is 24.3 Å². The maximum atomic E-state index is 12.0. The van der Waals surface area contributed by atoms with Crippen molar-refractivity contribution in [3.63, 3.8) is 0 Å². The number of methoxy groups -OCH3 is 1. The number of rotatable bonds is 7. The SMILES string of the molecule is CN=C(NCCNC(=O)CC1CCCC1)N1CCN(c2ccccc2OC)CC1.I. The van der Waals surface area contributed by atoms with E-state index in [1.54, 1.807) is 7.11 Å². The lowest BCUT2D eigenvalue weighted by atomic mass is 10.0. The van der Waals surface area contributed by atoms with Gasteiger partial charge in [-0.15, -0.1) is 24.0 Å². The molecule has 2 N–H and O–H groups in total. The molecule has 1 heterocycles. The van der Waals surface area contributed by atoms with E-state index in [9.17, 15) is 4.79 Å². The van der Waals surface area contributed by atoms with Crippen LogP contribution in [0.4, 0.5) is 5.69 Å². The van der Waals surface area contributed by atoms with Gasteiger partial charge in [-0.25, -0.2) is 0 Å². The minimum absolute atomic E-state index is 0. The number of hydrogen-bond donors (Lipinski definition) is 2. The Bertz CT molecular complexity index is 686. The molecule has 1 aromatic carbocycles. The Balaban J connectivity index is 0.00000320. The number of anilines is 1. The van der Waals surface area contributed by atoms with Crippen LogP contribution in [0, 0.1) is 5.92 Å². The third-order valence-electron chi connectivity index (χ3n) is 5.90. The standard InChI is InChI=1S/C22H35N5O2.HI/c1-23-22(25-12-11-24-21(28)17-18-7-3-4-8-18)27-15-13-26(14-16-27)19-9-5-6-10-20(19)29-2;/h5-6,9-10,18H,3-4,7-8,11-17H2,1-2H3,(H,23,25)(H,24,28);1H. The molecule has 0 bridgehead atoms. The lowest BCUT2D eigenvalue weighted by molar-refractivity contribution is -0.121. The third kappa shape index (κ3) is 6.92. The Kier molecular flexibility index (Phi) is 10.5. The van der Waals surface area contributed by atoms with Gasteiger partial charge >= 0.3 is 0 Å². The lowest BCUT2D eigenvalue weighted by Crippen LogP contribution is -2.53. The first-order valence-electron chi connectivity index (χ1n) is 10.8. The van der Waals surface area contributed by atoms with Crippen LogP contribution in [0.1, 0.15) is 32.1 Å².